The number of anilines is 1. The molecule has 2 rings (SSSR count). The minimum Gasteiger partial charge on any atom is -0.497 e. The molecule has 0 unspecified atom stereocenters. The molecule has 2 amide bonds. The fourth-order valence-electron chi connectivity index (χ4n) is 2.63. The van der Waals surface area contributed by atoms with Crippen LogP contribution in [0, 0.1) is 5.92 Å². The Bertz CT molecular complexity index is 895. The Morgan fingerprint density at radius 2 is 1.79 bits per heavy atom. The van der Waals surface area contributed by atoms with Crippen molar-refractivity contribution in [2.45, 2.75) is 20.4 Å². The van der Waals surface area contributed by atoms with E-state index < -0.39 is 10.1 Å². The van der Waals surface area contributed by atoms with Gasteiger partial charge in [-0.1, -0.05) is 26.0 Å². The van der Waals surface area contributed by atoms with E-state index in [2.05, 4.69) is 5.32 Å². The van der Waals surface area contributed by atoms with Gasteiger partial charge in [-0.3, -0.25) is 0 Å². The molecule has 2 aromatic rings. The molecule has 2 aromatic carbocycles. The van der Waals surface area contributed by atoms with E-state index in [9.17, 15) is 13.2 Å². The van der Waals surface area contributed by atoms with Crippen LogP contribution in [-0.4, -0.2) is 39.3 Å². The summed E-state index contributed by atoms with van der Waals surface area (Å²) >= 11 is 0. The third-order valence-corrected chi connectivity index (χ3v) is 4.23. The van der Waals surface area contributed by atoms with Crippen molar-refractivity contribution in [3.63, 3.8) is 0 Å². The third kappa shape index (κ3) is 7.11. The molecule has 0 saturated heterocycles. The van der Waals surface area contributed by atoms with E-state index in [4.69, 9.17) is 8.92 Å². The van der Waals surface area contributed by atoms with Gasteiger partial charge in [0.15, 0.2) is 0 Å². The Balaban J connectivity index is 2.14. The van der Waals surface area contributed by atoms with Gasteiger partial charge in [0.05, 0.1) is 13.4 Å². The number of carbonyl (C=O) groups excluding carboxylic acids is 1. The maximum Gasteiger partial charge on any atom is 0.322 e. The lowest BCUT2D eigenvalue weighted by Crippen LogP contribution is -2.37. The van der Waals surface area contributed by atoms with Crippen LogP contribution in [0.2, 0.25) is 0 Å². The molecule has 0 spiro atoms. The van der Waals surface area contributed by atoms with Crippen molar-refractivity contribution in [1.29, 1.82) is 0 Å². The van der Waals surface area contributed by atoms with Crippen molar-refractivity contribution >= 4 is 21.8 Å². The molecule has 0 atom stereocenters. The minimum atomic E-state index is -3.61. The van der Waals surface area contributed by atoms with E-state index in [0.29, 0.717) is 24.5 Å². The van der Waals surface area contributed by atoms with Gasteiger partial charge in [0.1, 0.15) is 11.5 Å². The summed E-state index contributed by atoms with van der Waals surface area (Å²) in [5.74, 6) is 1.19. The average Bonchev–Trinajstić information content (AvgIpc) is 2.60. The number of nitrogens with one attached hydrogen (secondary N) is 1. The van der Waals surface area contributed by atoms with Crippen molar-refractivity contribution in [2.75, 3.05) is 25.2 Å². The van der Waals surface area contributed by atoms with Gasteiger partial charge in [0.25, 0.3) is 0 Å². The van der Waals surface area contributed by atoms with Crippen molar-refractivity contribution in [1.82, 2.24) is 4.90 Å². The van der Waals surface area contributed by atoms with Crippen LogP contribution in [0.5, 0.6) is 11.5 Å². The number of hydrogen-bond acceptors (Lipinski definition) is 5. The molecule has 28 heavy (non-hydrogen) atoms. The van der Waals surface area contributed by atoms with Crippen molar-refractivity contribution in [3.8, 4) is 11.5 Å². The number of methoxy groups -OCH3 is 1. The van der Waals surface area contributed by atoms with E-state index >= 15 is 0 Å². The standard InChI is InChI=1S/C20H26N2O5S/c1-15(2)13-22(20(23)21-17-8-10-18(26-3)11-9-17)14-16-6-5-7-19(12-16)27-28(4,24)25/h5-12,15H,13-14H2,1-4H3,(H,21,23). The molecule has 1 N–H and O–H groups in total. The SMILES string of the molecule is COc1ccc(NC(=O)N(Cc2cccc(OS(C)(=O)=O)c2)CC(C)C)cc1. The highest BCUT2D eigenvalue weighted by atomic mass is 32.2. The number of benzene rings is 2. The number of amides is 2. The molecule has 0 aliphatic rings. The summed E-state index contributed by atoms with van der Waals surface area (Å²) in [6.45, 7) is 4.91. The van der Waals surface area contributed by atoms with Crippen molar-refractivity contribution in [2.24, 2.45) is 5.92 Å². The van der Waals surface area contributed by atoms with Gasteiger partial charge in [-0.2, -0.15) is 8.42 Å². The van der Waals surface area contributed by atoms with Gasteiger partial charge in [0.2, 0.25) is 0 Å². The molecule has 0 aliphatic heterocycles. The summed E-state index contributed by atoms with van der Waals surface area (Å²) in [6, 6.07) is 13.5. The first kappa shape index (κ1) is 21.6. The van der Waals surface area contributed by atoms with Gasteiger partial charge in [-0.15, -0.1) is 0 Å². The largest absolute Gasteiger partial charge is 0.497 e. The lowest BCUT2D eigenvalue weighted by Gasteiger charge is -2.25. The van der Waals surface area contributed by atoms with Crippen LogP contribution in [0.15, 0.2) is 48.5 Å². The fourth-order valence-corrected chi connectivity index (χ4v) is 3.08. The second kappa shape index (κ2) is 9.45. The maximum absolute atomic E-state index is 12.8. The third-order valence-electron chi connectivity index (χ3n) is 3.73. The van der Waals surface area contributed by atoms with Crippen molar-refractivity contribution < 1.29 is 22.1 Å². The molecule has 7 nitrogen and oxygen atoms in total. The summed E-state index contributed by atoms with van der Waals surface area (Å²) < 4.78 is 32.7. The molecule has 0 saturated carbocycles. The summed E-state index contributed by atoms with van der Waals surface area (Å²) in [5.41, 5.74) is 1.43. The molecular formula is C20H26N2O5S. The fraction of sp³-hybridized carbons (Fsp3) is 0.350. The minimum absolute atomic E-state index is 0.222. The van der Waals surface area contributed by atoms with Crippen LogP contribution < -0.4 is 14.2 Å². The topological polar surface area (TPSA) is 84.9 Å². The van der Waals surface area contributed by atoms with Crippen LogP contribution in [0.1, 0.15) is 19.4 Å². The molecular weight excluding hydrogens is 380 g/mol. The highest BCUT2D eigenvalue weighted by Gasteiger charge is 2.16. The Kier molecular flexibility index (Phi) is 7.28. The van der Waals surface area contributed by atoms with Gasteiger partial charge in [0, 0.05) is 18.8 Å². The van der Waals surface area contributed by atoms with E-state index in [1.807, 2.05) is 19.9 Å². The van der Waals surface area contributed by atoms with Crippen LogP contribution in [-0.2, 0) is 16.7 Å². The molecule has 0 radical (unpaired) electrons. The van der Waals surface area contributed by atoms with Crippen molar-refractivity contribution in [3.05, 3.63) is 54.1 Å². The summed E-state index contributed by atoms with van der Waals surface area (Å²) in [4.78, 5) is 14.5. The first-order valence-corrected chi connectivity index (χ1v) is 10.7. The van der Waals surface area contributed by atoms with E-state index in [1.165, 1.54) is 0 Å². The Hall–Kier alpha value is -2.74. The lowest BCUT2D eigenvalue weighted by molar-refractivity contribution is 0.201. The molecule has 0 aromatic heterocycles. The van der Waals surface area contributed by atoms with Gasteiger partial charge in [-0.05, 0) is 47.9 Å². The quantitative estimate of drug-likeness (QED) is 0.675. The normalized spacial score (nSPS) is 11.2. The Labute approximate surface area is 166 Å². The van der Waals surface area contributed by atoms with Crippen LogP contribution in [0.3, 0.4) is 0 Å². The Morgan fingerprint density at radius 3 is 2.36 bits per heavy atom. The number of carbonyl (C=O) groups is 1. The predicted molar refractivity (Wildman–Crippen MR) is 109 cm³/mol. The number of nitrogens with zero attached hydrogens (tertiary/aromatic N) is 1. The zero-order valence-electron chi connectivity index (χ0n) is 16.5. The molecule has 0 fully saturated rings. The second-order valence-corrected chi connectivity index (χ2v) is 8.44. The number of ether oxygens (including phenoxy) is 1. The van der Waals surface area contributed by atoms with Crippen LogP contribution in [0.25, 0.3) is 0 Å². The molecule has 8 heteroatoms. The van der Waals surface area contributed by atoms with Gasteiger partial charge >= 0.3 is 16.1 Å². The summed E-state index contributed by atoms with van der Waals surface area (Å²) in [5, 5.41) is 2.88. The summed E-state index contributed by atoms with van der Waals surface area (Å²) in [7, 11) is -2.02. The highest BCUT2D eigenvalue weighted by molar-refractivity contribution is 7.86. The lowest BCUT2D eigenvalue weighted by atomic mass is 10.1. The number of urea groups is 1. The smallest absolute Gasteiger partial charge is 0.322 e. The second-order valence-electron chi connectivity index (χ2n) is 6.87. The molecule has 152 valence electrons. The van der Waals surface area contributed by atoms with E-state index in [1.54, 1.807) is 54.5 Å². The number of hydrogen-bond donors (Lipinski definition) is 1. The first-order chi connectivity index (χ1) is 13.2. The Morgan fingerprint density at radius 1 is 1.11 bits per heavy atom. The monoisotopic (exact) mass is 406 g/mol. The predicted octanol–water partition coefficient (Wildman–Crippen LogP) is 3.72. The zero-order valence-corrected chi connectivity index (χ0v) is 17.3. The van der Waals surface area contributed by atoms with Gasteiger partial charge in [-0.25, -0.2) is 4.79 Å². The van der Waals surface area contributed by atoms with Gasteiger partial charge < -0.3 is 19.1 Å². The molecule has 0 aliphatic carbocycles. The zero-order chi connectivity index (χ0) is 20.7. The molecule has 0 heterocycles. The maximum atomic E-state index is 12.8. The molecule has 0 bridgehead atoms. The van der Waals surface area contributed by atoms with Crippen LogP contribution in [0.4, 0.5) is 10.5 Å². The first-order valence-electron chi connectivity index (χ1n) is 8.84. The average molecular weight is 407 g/mol. The highest BCUT2D eigenvalue weighted by Crippen LogP contribution is 2.19. The van der Waals surface area contributed by atoms with Crippen LogP contribution >= 0.6 is 0 Å². The number of rotatable bonds is 8. The van der Waals surface area contributed by atoms with E-state index in [-0.39, 0.29) is 17.7 Å². The van der Waals surface area contributed by atoms with E-state index in [0.717, 1.165) is 11.8 Å². The summed E-state index contributed by atoms with van der Waals surface area (Å²) in [6.07, 6.45) is 0.993.